The van der Waals surface area contributed by atoms with E-state index in [1.807, 2.05) is 4.90 Å². The number of carbonyl (C=O) groups is 3. The zero-order chi connectivity index (χ0) is 20.4. The number of hydrogen-bond donors (Lipinski definition) is 1. The molecule has 0 unspecified atom stereocenters. The van der Waals surface area contributed by atoms with E-state index in [-0.39, 0.29) is 23.8 Å². The van der Waals surface area contributed by atoms with Crippen molar-refractivity contribution in [3.05, 3.63) is 41.6 Å². The lowest BCUT2D eigenvalue weighted by molar-refractivity contribution is -0.121. The molecule has 0 radical (unpaired) electrons. The molecule has 2 fully saturated rings. The third-order valence-electron chi connectivity index (χ3n) is 6.36. The van der Waals surface area contributed by atoms with Gasteiger partial charge in [0.05, 0.1) is 5.69 Å². The highest BCUT2D eigenvalue weighted by Crippen LogP contribution is 2.28. The van der Waals surface area contributed by atoms with Crippen LogP contribution in [0.5, 0.6) is 0 Å². The molecule has 1 aromatic carbocycles. The first-order valence-corrected chi connectivity index (χ1v) is 10.8. The molecule has 6 heteroatoms. The maximum Gasteiger partial charge on any atom is 0.281 e. The summed E-state index contributed by atoms with van der Waals surface area (Å²) in [5.41, 5.74) is 1.54. The number of rotatable bonds is 4. The molecule has 1 saturated carbocycles. The Hall–Kier alpha value is -2.63. The summed E-state index contributed by atoms with van der Waals surface area (Å²) >= 11 is 0. The molecule has 1 aliphatic carbocycles. The van der Waals surface area contributed by atoms with Crippen LogP contribution in [0.1, 0.15) is 62.2 Å². The van der Waals surface area contributed by atoms with Crippen molar-refractivity contribution in [1.29, 1.82) is 0 Å². The van der Waals surface area contributed by atoms with Crippen LogP contribution in [0.2, 0.25) is 0 Å². The molecule has 2 aliphatic heterocycles. The molecule has 0 aromatic heterocycles. The summed E-state index contributed by atoms with van der Waals surface area (Å²) in [4.78, 5) is 41.1. The largest absolute Gasteiger partial charge is 0.367 e. The number of amides is 3. The van der Waals surface area contributed by atoms with Crippen molar-refractivity contribution in [3.8, 4) is 0 Å². The number of nitrogens with zero attached hydrogens (tertiary/aromatic N) is 2. The first kappa shape index (κ1) is 19.7. The van der Waals surface area contributed by atoms with Crippen molar-refractivity contribution >= 4 is 23.4 Å². The number of carbonyl (C=O) groups excluding carboxylic acids is 3. The van der Waals surface area contributed by atoms with E-state index in [4.69, 9.17) is 0 Å². The van der Waals surface area contributed by atoms with Gasteiger partial charge in [0.2, 0.25) is 0 Å². The van der Waals surface area contributed by atoms with E-state index in [1.54, 1.807) is 24.3 Å². The predicted octanol–water partition coefficient (Wildman–Crippen LogP) is 3.24. The average Bonchev–Trinajstić information content (AvgIpc) is 3.03. The Morgan fingerprint density at radius 2 is 1.62 bits per heavy atom. The first-order chi connectivity index (χ1) is 14.0. The SMILES string of the molecule is CC1CCN(C2=CC(=O)N(c3ccc(C(=O)NC4CCCCC4)cc3)C2=O)CC1. The summed E-state index contributed by atoms with van der Waals surface area (Å²) in [5, 5.41) is 3.09. The van der Waals surface area contributed by atoms with Crippen molar-refractivity contribution < 1.29 is 14.4 Å². The van der Waals surface area contributed by atoms with E-state index in [0.717, 1.165) is 51.6 Å². The summed E-state index contributed by atoms with van der Waals surface area (Å²) in [7, 11) is 0. The van der Waals surface area contributed by atoms with Crippen molar-refractivity contribution in [3.63, 3.8) is 0 Å². The van der Waals surface area contributed by atoms with Crippen LogP contribution in [-0.2, 0) is 9.59 Å². The van der Waals surface area contributed by atoms with Gasteiger partial charge in [0.15, 0.2) is 0 Å². The Bertz CT molecular complexity index is 816. The molecule has 4 rings (SSSR count). The summed E-state index contributed by atoms with van der Waals surface area (Å²) in [6, 6.07) is 6.99. The highest BCUT2D eigenvalue weighted by Gasteiger charge is 2.36. The third-order valence-corrected chi connectivity index (χ3v) is 6.36. The lowest BCUT2D eigenvalue weighted by Gasteiger charge is -2.32. The topological polar surface area (TPSA) is 69.7 Å². The van der Waals surface area contributed by atoms with Crippen LogP contribution in [0.4, 0.5) is 5.69 Å². The molecule has 0 atom stereocenters. The van der Waals surface area contributed by atoms with Gasteiger partial charge in [-0.3, -0.25) is 14.4 Å². The lowest BCUT2D eigenvalue weighted by atomic mass is 9.95. The monoisotopic (exact) mass is 395 g/mol. The van der Waals surface area contributed by atoms with Crippen LogP contribution in [0.3, 0.4) is 0 Å². The third kappa shape index (κ3) is 4.21. The van der Waals surface area contributed by atoms with Gasteiger partial charge in [-0.15, -0.1) is 0 Å². The van der Waals surface area contributed by atoms with Crippen molar-refractivity contribution in [1.82, 2.24) is 10.2 Å². The fraction of sp³-hybridized carbons (Fsp3) is 0.522. The van der Waals surface area contributed by atoms with Crippen LogP contribution < -0.4 is 10.2 Å². The van der Waals surface area contributed by atoms with Gasteiger partial charge >= 0.3 is 0 Å². The van der Waals surface area contributed by atoms with Crippen LogP contribution in [0.25, 0.3) is 0 Å². The Morgan fingerprint density at radius 1 is 0.966 bits per heavy atom. The Morgan fingerprint density at radius 3 is 2.28 bits per heavy atom. The van der Waals surface area contributed by atoms with Crippen LogP contribution in [-0.4, -0.2) is 41.8 Å². The quantitative estimate of drug-likeness (QED) is 0.795. The summed E-state index contributed by atoms with van der Waals surface area (Å²) in [6.45, 7) is 3.83. The van der Waals surface area contributed by atoms with Gasteiger partial charge in [0, 0.05) is 30.8 Å². The second-order valence-corrected chi connectivity index (χ2v) is 8.53. The number of piperidine rings is 1. The fourth-order valence-corrected chi connectivity index (χ4v) is 4.46. The zero-order valence-corrected chi connectivity index (χ0v) is 17.0. The molecule has 1 aromatic rings. The van der Waals surface area contributed by atoms with E-state index in [9.17, 15) is 14.4 Å². The van der Waals surface area contributed by atoms with E-state index in [1.165, 1.54) is 17.4 Å². The maximum atomic E-state index is 12.9. The first-order valence-electron chi connectivity index (χ1n) is 10.8. The Kier molecular flexibility index (Phi) is 5.69. The lowest BCUT2D eigenvalue weighted by Crippen LogP contribution is -2.38. The summed E-state index contributed by atoms with van der Waals surface area (Å²) in [5.74, 6) is -0.0294. The second kappa shape index (κ2) is 8.39. The van der Waals surface area contributed by atoms with E-state index in [0.29, 0.717) is 22.9 Å². The van der Waals surface area contributed by atoms with Crippen LogP contribution in [0, 0.1) is 5.92 Å². The van der Waals surface area contributed by atoms with Crippen molar-refractivity contribution in [2.45, 2.75) is 57.9 Å². The molecular formula is C23H29N3O3. The smallest absolute Gasteiger partial charge is 0.281 e. The van der Waals surface area contributed by atoms with Gasteiger partial charge in [0.1, 0.15) is 5.70 Å². The molecule has 0 bridgehead atoms. The van der Waals surface area contributed by atoms with Gasteiger partial charge < -0.3 is 10.2 Å². The normalized spacial score (nSPS) is 21.5. The number of hydrogen-bond acceptors (Lipinski definition) is 4. The van der Waals surface area contributed by atoms with Crippen LogP contribution >= 0.6 is 0 Å². The predicted molar refractivity (Wildman–Crippen MR) is 111 cm³/mol. The highest BCUT2D eigenvalue weighted by atomic mass is 16.2. The molecule has 29 heavy (non-hydrogen) atoms. The molecule has 0 spiro atoms. The molecule has 154 valence electrons. The highest BCUT2D eigenvalue weighted by molar-refractivity contribution is 6.30. The van der Waals surface area contributed by atoms with Crippen molar-refractivity contribution in [2.75, 3.05) is 18.0 Å². The molecule has 1 N–H and O–H groups in total. The molecule has 3 aliphatic rings. The minimum absolute atomic E-state index is 0.0937. The number of anilines is 1. The van der Waals surface area contributed by atoms with Gasteiger partial charge in [-0.1, -0.05) is 26.2 Å². The van der Waals surface area contributed by atoms with Gasteiger partial charge in [-0.25, -0.2) is 4.90 Å². The van der Waals surface area contributed by atoms with Crippen molar-refractivity contribution in [2.24, 2.45) is 5.92 Å². The minimum Gasteiger partial charge on any atom is -0.367 e. The van der Waals surface area contributed by atoms with E-state index >= 15 is 0 Å². The standard InChI is InChI=1S/C23H29N3O3/c1-16-11-13-25(14-12-16)20-15-21(27)26(23(20)29)19-9-7-17(8-10-19)22(28)24-18-5-3-2-4-6-18/h7-10,15-16,18H,2-6,11-14H2,1H3,(H,24,28). The molecule has 3 amide bonds. The number of nitrogens with one attached hydrogen (secondary N) is 1. The number of imide groups is 1. The summed E-state index contributed by atoms with van der Waals surface area (Å²) in [6.07, 6.45) is 9.14. The number of benzene rings is 1. The Balaban J connectivity index is 1.41. The molecule has 6 nitrogen and oxygen atoms in total. The maximum absolute atomic E-state index is 12.9. The van der Waals surface area contributed by atoms with E-state index in [2.05, 4.69) is 12.2 Å². The van der Waals surface area contributed by atoms with Gasteiger partial charge in [-0.05, 0) is 55.9 Å². The second-order valence-electron chi connectivity index (χ2n) is 8.53. The summed E-state index contributed by atoms with van der Waals surface area (Å²) < 4.78 is 0. The minimum atomic E-state index is -0.317. The molecular weight excluding hydrogens is 366 g/mol. The fourth-order valence-electron chi connectivity index (χ4n) is 4.46. The zero-order valence-electron chi connectivity index (χ0n) is 17.0. The van der Waals surface area contributed by atoms with E-state index < -0.39 is 0 Å². The molecule has 2 heterocycles. The van der Waals surface area contributed by atoms with Gasteiger partial charge in [-0.2, -0.15) is 0 Å². The van der Waals surface area contributed by atoms with Gasteiger partial charge in [0.25, 0.3) is 17.7 Å². The van der Waals surface area contributed by atoms with Crippen LogP contribution in [0.15, 0.2) is 36.0 Å². The number of likely N-dealkylation sites (tertiary alicyclic amines) is 1. The Labute approximate surface area is 171 Å². The average molecular weight is 396 g/mol. The molecule has 1 saturated heterocycles.